The van der Waals surface area contributed by atoms with Crippen LogP contribution in [0.5, 0.6) is 0 Å². The Morgan fingerprint density at radius 2 is 1.93 bits per heavy atom. The fourth-order valence-electron chi connectivity index (χ4n) is 4.68. The lowest BCUT2D eigenvalue weighted by Crippen LogP contribution is -2.40. The summed E-state index contributed by atoms with van der Waals surface area (Å²) in [5.41, 5.74) is 0.396. The van der Waals surface area contributed by atoms with E-state index in [-0.39, 0.29) is 16.7 Å². The molecule has 0 saturated carbocycles. The Morgan fingerprint density at radius 1 is 1.20 bits per heavy atom. The van der Waals surface area contributed by atoms with Crippen LogP contribution in [0, 0.1) is 25.7 Å². The number of aryl methyl sites for hydroxylation is 2. The minimum Gasteiger partial charge on any atom is -0.360 e. The molecule has 0 aliphatic carbocycles. The zero-order chi connectivity index (χ0) is 21.7. The van der Waals surface area contributed by atoms with E-state index in [2.05, 4.69) is 22.3 Å². The number of sulfonamides is 1. The fourth-order valence-corrected chi connectivity index (χ4v) is 6.44. The van der Waals surface area contributed by atoms with Gasteiger partial charge in [0.1, 0.15) is 10.6 Å². The van der Waals surface area contributed by atoms with Crippen molar-refractivity contribution < 1.29 is 17.7 Å². The van der Waals surface area contributed by atoms with E-state index in [9.17, 15) is 13.2 Å². The van der Waals surface area contributed by atoms with Gasteiger partial charge in [0.05, 0.1) is 0 Å². The third-order valence-electron chi connectivity index (χ3n) is 6.33. The molecule has 1 amide bonds. The van der Waals surface area contributed by atoms with E-state index in [4.69, 9.17) is 4.52 Å². The number of nitrogens with one attached hydrogen (secondary N) is 1. The molecule has 3 rings (SSSR count). The molecule has 0 bridgehead atoms. The molecule has 170 valence electrons. The Balaban J connectivity index is 1.36. The van der Waals surface area contributed by atoms with Crippen molar-refractivity contribution in [3.8, 4) is 0 Å². The Bertz CT molecular complexity index is 795. The maximum absolute atomic E-state index is 12.9. The van der Waals surface area contributed by atoms with E-state index in [0.717, 1.165) is 18.9 Å². The number of hydrogen-bond donors (Lipinski definition) is 1. The van der Waals surface area contributed by atoms with E-state index in [0.29, 0.717) is 50.4 Å². The molecule has 2 saturated heterocycles. The molecule has 2 aliphatic heterocycles. The molecule has 9 heteroatoms. The second kappa shape index (κ2) is 10.2. The first-order valence-corrected chi connectivity index (χ1v) is 12.6. The van der Waals surface area contributed by atoms with Gasteiger partial charge in [0.2, 0.25) is 15.9 Å². The SMILES string of the molecule is Cc1noc(C)c1S(=O)(=O)N1CCC(CC(=O)NCCCN2CCC[C@@H](C)C2)CC1. The summed E-state index contributed by atoms with van der Waals surface area (Å²) in [4.78, 5) is 15.0. The topological polar surface area (TPSA) is 95.8 Å². The molecule has 0 radical (unpaired) electrons. The molecule has 30 heavy (non-hydrogen) atoms. The van der Waals surface area contributed by atoms with Crippen molar-refractivity contribution in [3.63, 3.8) is 0 Å². The maximum Gasteiger partial charge on any atom is 0.248 e. The summed E-state index contributed by atoms with van der Waals surface area (Å²) in [6.45, 7) is 10.5. The van der Waals surface area contributed by atoms with Crippen LogP contribution in [0.1, 0.15) is 56.9 Å². The van der Waals surface area contributed by atoms with Crippen LogP contribution in [-0.2, 0) is 14.8 Å². The average molecular weight is 441 g/mol. The van der Waals surface area contributed by atoms with E-state index >= 15 is 0 Å². The standard InChI is InChI=1S/C21H36N4O4S/c1-16-6-4-10-24(15-16)11-5-9-22-20(26)14-19-7-12-25(13-8-19)30(27,28)21-17(2)23-29-18(21)3/h16,19H,4-15H2,1-3H3,(H,22,26)/t16-/m1/s1. The molecular weight excluding hydrogens is 404 g/mol. The number of carbonyl (C=O) groups is 1. The van der Waals surface area contributed by atoms with Crippen molar-refractivity contribution >= 4 is 15.9 Å². The van der Waals surface area contributed by atoms with Gasteiger partial charge in [-0.3, -0.25) is 4.79 Å². The molecular formula is C21H36N4O4S. The molecule has 0 aromatic carbocycles. The lowest BCUT2D eigenvalue weighted by atomic mass is 9.94. The first-order chi connectivity index (χ1) is 14.3. The molecule has 1 aromatic rings. The molecule has 2 aliphatic rings. The van der Waals surface area contributed by atoms with Gasteiger partial charge in [-0.1, -0.05) is 12.1 Å². The summed E-state index contributed by atoms with van der Waals surface area (Å²) in [6, 6.07) is 0. The second-order valence-corrected chi connectivity index (χ2v) is 10.8. The van der Waals surface area contributed by atoms with Crippen LogP contribution >= 0.6 is 0 Å². The van der Waals surface area contributed by atoms with E-state index < -0.39 is 10.0 Å². The zero-order valence-electron chi connectivity index (χ0n) is 18.5. The molecule has 0 spiro atoms. The molecule has 8 nitrogen and oxygen atoms in total. The van der Waals surface area contributed by atoms with Crippen LogP contribution in [-0.4, -0.2) is 68.0 Å². The number of likely N-dealkylation sites (tertiary alicyclic amines) is 1. The number of rotatable bonds is 8. The highest BCUT2D eigenvalue weighted by Gasteiger charge is 2.34. The maximum atomic E-state index is 12.9. The summed E-state index contributed by atoms with van der Waals surface area (Å²) in [6.07, 6.45) is 5.44. The summed E-state index contributed by atoms with van der Waals surface area (Å²) in [7, 11) is -3.59. The van der Waals surface area contributed by atoms with Crippen LogP contribution in [0.3, 0.4) is 0 Å². The van der Waals surface area contributed by atoms with Gasteiger partial charge in [0.25, 0.3) is 0 Å². The minimum absolute atomic E-state index is 0.0778. The first-order valence-electron chi connectivity index (χ1n) is 11.2. The smallest absolute Gasteiger partial charge is 0.248 e. The lowest BCUT2D eigenvalue weighted by Gasteiger charge is -2.31. The molecule has 2 fully saturated rings. The van der Waals surface area contributed by atoms with Crippen LogP contribution in [0.25, 0.3) is 0 Å². The predicted octanol–water partition coefficient (Wildman–Crippen LogP) is 2.32. The lowest BCUT2D eigenvalue weighted by molar-refractivity contribution is -0.122. The number of aromatic nitrogens is 1. The number of carbonyl (C=O) groups excluding carboxylic acids is 1. The van der Waals surface area contributed by atoms with Gasteiger partial charge < -0.3 is 14.7 Å². The third kappa shape index (κ3) is 5.82. The molecule has 1 N–H and O–H groups in total. The first kappa shape index (κ1) is 23.2. The molecule has 1 atom stereocenters. The van der Waals surface area contributed by atoms with Crippen molar-refractivity contribution in [1.29, 1.82) is 0 Å². The molecule has 1 aromatic heterocycles. The van der Waals surface area contributed by atoms with Crippen LogP contribution in [0.2, 0.25) is 0 Å². The van der Waals surface area contributed by atoms with E-state index in [1.807, 2.05) is 0 Å². The highest BCUT2D eigenvalue weighted by Crippen LogP contribution is 2.28. The summed E-state index contributed by atoms with van der Waals surface area (Å²) in [5.74, 6) is 1.41. The normalized spacial score (nSPS) is 22.3. The Kier molecular flexibility index (Phi) is 7.92. The predicted molar refractivity (Wildman–Crippen MR) is 115 cm³/mol. The van der Waals surface area contributed by atoms with Crippen molar-refractivity contribution in [2.75, 3.05) is 39.3 Å². The number of hydrogen-bond acceptors (Lipinski definition) is 6. The summed E-state index contributed by atoms with van der Waals surface area (Å²) >= 11 is 0. The Labute approximate surface area is 180 Å². The summed E-state index contributed by atoms with van der Waals surface area (Å²) in [5, 5.41) is 6.81. The van der Waals surface area contributed by atoms with Gasteiger partial charge in [0.15, 0.2) is 5.76 Å². The van der Waals surface area contributed by atoms with Crippen LogP contribution in [0.4, 0.5) is 0 Å². The summed E-state index contributed by atoms with van der Waals surface area (Å²) < 4.78 is 32.3. The van der Waals surface area contributed by atoms with Crippen LogP contribution < -0.4 is 5.32 Å². The largest absolute Gasteiger partial charge is 0.360 e. The van der Waals surface area contributed by atoms with Crippen molar-refractivity contribution in [2.24, 2.45) is 11.8 Å². The number of amides is 1. The molecule has 0 unspecified atom stereocenters. The van der Waals surface area contributed by atoms with Crippen molar-refractivity contribution in [1.82, 2.24) is 19.7 Å². The van der Waals surface area contributed by atoms with E-state index in [1.54, 1.807) is 13.8 Å². The highest BCUT2D eigenvalue weighted by atomic mass is 32.2. The van der Waals surface area contributed by atoms with Crippen molar-refractivity contribution in [3.05, 3.63) is 11.5 Å². The van der Waals surface area contributed by atoms with Gasteiger partial charge in [-0.05, 0) is 70.9 Å². The average Bonchev–Trinajstić information content (AvgIpc) is 3.05. The minimum atomic E-state index is -3.59. The number of nitrogens with zero attached hydrogens (tertiary/aromatic N) is 3. The fraction of sp³-hybridized carbons (Fsp3) is 0.810. The van der Waals surface area contributed by atoms with E-state index in [1.165, 1.54) is 30.2 Å². The monoisotopic (exact) mass is 440 g/mol. The van der Waals surface area contributed by atoms with Gasteiger partial charge in [-0.15, -0.1) is 0 Å². The van der Waals surface area contributed by atoms with Crippen molar-refractivity contribution in [2.45, 2.75) is 64.2 Å². The highest BCUT2D eigenvalue weighted by molar-refractivity contribution is 7.89. The van der Waals surface area contributed by atoms with Gasteiger partial charge in [0, 0.05) is 32.6 Å². The quantitative estimate of drug-likeness (QED) is 0.623. The molecule has 3 heterocycles. The van der Waals surface area contributed by atoms with Gasteiger partial charge in [-0.2, -0.15) is 4.31 Å². The van der Waals surface area contributed by atoms with Crippen LogP contribution in [0.15, 0.2) is 9.42 Å². The Morgan fingerprint density at radius 3 is 2.57 bits per heavy atom. The third-order valence-corrected chi connectivity index (χ3v) is 8.47. The zero-order valence-corrected chi connectivity index (χ0v) is 19.3. The Hall–Kier alpha value is -1.45. The van der Waals surface area contributed by atoms with Gasteiger partial charge in [-0.25, -0.2) is 8.42 Å². The number of piperidine rings is 2. The second-order valence-electron chi connectivity index (χ2n) is 8.96. The van der Waals surface area contributed by atoms with Gasteiger partial charge >= 0.3 is 0 Å².